The van der Waals surface area contributed by atoms with Crippen LogP contribution in [0.25, 0.3) is 0 Å². The number of ether oxygens (including phenoxy) is 1. The molecule has 0 saturated carbocycles. The molecule has 1 amide bonds. The second-order valence-electron chi connectivity index (χ2n) is 6.31. The Bertz CT molecular complexity index is 1270. The number of carbonyl (C=O) groups excluding carboxylic acids is 1. The third-order valence-corrected chi connectivity index (χ3v) is 7.11. The second-order valence-corrected chi connectivity index (χ2v) is 10.1. The van der Waals surface area contributed by atoms with Crippen molar-refractivity contribution in [2.24, 2.45) is 0 Å². The number of amides is 1. The van der Waals surface area contributed by atoms with Crippen LogP contribution in [0.2, 0.25) is 15.1 Å². The quantitative estimate of drug-likeness (QED) is 0.313. The molecule has 7 nitrogen and oxygen atoms in total. The lowest BCUT2D eigenvalue weighted by molar-refractivity contribution is -0.107. The van der Waals surface area contributed by atoms with Gasteiger partial charge in [0, 0.05) is 28.3 Å². The summed E-state index contributed by atoms with van der Waals surface area (Å²) < 4.78 is 34.5. The molecule has 3 aromatic rings. The Labute approximate surface area is 208 Å². The summed E-state index contributed by atoms with van der Waals surface area (Å²) in [5, 5.41) is 0.645. The van der Waals surface area contributed by atoms with Crippen LogP contribution < -0.4 is 14.4 Å². The van der Waals surface area contributed by atoms with Gasteiger partial charge in [-0.05, 0) is 53.2 Å². The van der Waals surface area contributed by atoms with E-state index in [1.54, 1.807) is 13.0 Å². The average Bonchev–Trinajstić information content (AvgIpc) is 2.71. The predicted molar refractivity (Wildman–Crippen MR) is 130 cm³/mol. The van der Waals surface area contributed by atoms with Gasteiger partial charge in [0.15, 0.2) is 5.75 Å². The van der Waals surface area contributed by atoms with E-state index >= 15 is 0 Å². The molecule has 0 aliphatic heterocycles. The number of benzene rings is 2. The molecular weight excluding hydrogens is 565 g/mol. The molecule has 0 radical (unpaired) electrons. The maximum atomic E-state index is 12.9. The standard InChI is InChI=1S/C20H15BrCl3N3O4S/c1-2-27(11-28)18-8-17(26-32(29,30)20-4-3-12(22)6-16(20)24)15(21)7-19(18)31-14-5-13(23)9-25-10-14/h3-11,26H,2H2,1H3. The number of aromatic nitrogens is 1. The van der Waals surface area contributed by atoms with Crippen molar-refractivity contribution in [2.75, 3.05) is 16.2 Å². The maximum Gasteiger partial charge on any atom is 0.263 e. The smallest absolute Gasteiger partial charge is 0.263 e. The summed E-state index contributed by atoms with van der Waals surface area (Å²) in [6.07, 6.45) is 3.52. The number of sulfonamides is 1. The van der Waals surface area contributed by atoms with Gasteiger partial charge in [-0.3, -0.25) is 14.5 Å². The minimum Gasteiger partial charge on any atom is -0.453 e. The zero-order valence-corrected chi connectivity index (χ0v) is 21.0. The first-order valence-electron chi connectivity index (χ1n) is 8.96. The topological polar surface area (TPSA) is 88.6 Å². The minimum atomic E-state index is -4.06. The van der Waals surface area contributed by atoms with E-state index in [-0.39, 0.29) is 21.4 Å². The molecule has 0 bridgehead atoms. The Balaban J connectivity index is 2.05. The predicted octanol–water partition coefficient (Wildman–Crippen LogP) is 6.38. The van der Waals surface area contributed by atoms with Gasteiger partial charge in [-0.25, -0.2) is 8.42 Å². The molecule has 0 atom stereocenters. The molecule has 0 aliphatic rings. The lowest BCUT2D eigenvalue weighted by Gasteiger charge is -2.21. The van der Waals surface area contributed by atoms with Gasteiger partial charge < -0.3 is 9.64 Å². The molecule has 12 heteroatoms. The highest BCUT2D eigenvalue weighted by atomic mass is 79.9. The van der Waals surface area contributed by atoms with Crippen LogP contribution in [0.3, 0.4) is 0 Å². The van der Waals surface area contributed by atoms with Crippen LogP contribution in [0, 0.1) is 0 Å². The Morgan fingerprint density at radius 1 is 1.12 bits per heavy atom. The molecule has 1 N–H and O–H groups in total. The Morgan fingerprint density at radius 2 is 1.88 bits per heavy atom. The van der Waals surface area contributed by atoms with E-state index in [4.69, 9.17) is 39.5 Å². The van der Waals surface area contributed by atoms with Crippen molar-refractivity contribution in [3.63, 3.8) is 0 Å². The molecule has 0 fully saturated rings. The first kappa shape index (κ1) is 24.6. The SMILES string of the molecule is CCN(C=O)c1cc(NS(=O)(=O)c2ccc(Cl)cc2Cl)c(Br)cc1Oc1cncc(Cl)c1. The number of carbonyl (C=O) groups is 1. The van der Waals surface area contributed by atoms with Crippen LogP contribution in [0.1, 0.15) is 6.92 Å². The summed E-state index contributed by atoms with van der Waals surface area (Å²) in [6, 6.07) is 8.61. The van der Waals surface area contributed by atoms with Crippen LogP contribution in [0.4, 0.5) is 11.4 Å². The lowest BCUT2D eigenvalue weighted by Crippen LogP contribution is -2.21. The van der Waals surface area contributed by atoms with Crippen molar-refractivity contribution >= 4 is 78.5 Å². The average molecular weight is 580 g/mol. The van der Waals surface area contributed by atoms with Gasteiger partial charge >= 0.3 is 0 Å². The third-order valence-electron chi connectivity index (χ3n) is 4.16. The van der Waals surface area contributed by atoms with E-state index in [0.29, 0.717) is 38.9 Å². The van der Waals surface area contributed by atoms with Crippen molar-refractivity contribution in [3.8, 4) is 11.5 Å². The number of hydrogen-bond donors (Lipinski definition) is 1. The number of hydrogen-bond acceptors (Lipinski definition) is 5. The summed E-state index contributed by atoms with van der Waals surface area (Å²) in [6.45, 7) is 2.07. The summed E-state index contributed by atoms with van der Waals surface area (Å²) in [7, 11) is -4.06. The van der Waals surface area contributed by atoms with Crippen molar-refractivity contribution in [1.82, 2.24) is 4.98 Å². The zero-order chi connectivity index (χ0) is 23.5. The summed E-state index contributed by atoms with van der Waals surface area (Å²) in [5.74, 6) is 0.622. The van der Waals surface area contributed by atoms with E-state index in [1.807, 2.05) is 0 Å². The molecule has 168 valence electrons. The number of pyridine rings is 1. The molecule has 3 rings (SSSR count). The Hall–Kier alpha value is -2.04. The molecule has 2 aromatic carbocycles. The van der Waals surface area contributed by atoms with Gasteiger partial charge in [-0.15, -0.1) is 0 Å². The Morgan fingerprint density at radius 3 is 2.50 bits per heavy atom. The van der Waals surface area contributed by atoms with Crippen LogP contribution in [-0.2, 0) is 14.8 Å². The van der Waals surface area contributed by atoms with Gasteiger partial charge in [-0.2, -0.15) is 0 Å². The second kappa shape index (κ2) is 10.3. The first-order chi connectivity index (χ1) is 15.1. The molecule has 32 heavy (non-hydrogen) atoms. The molecule has 1 heterocycles. The van der Waals surface area contributed by atoms with Crippen molar-refractivity contribution in [3.05, 3.63) is 68.3 Å². The monoisotopic (exact) mass is 577 g/mol. The van der Waals surface area contributed by atoms with Gasteiger partial charge in [0.1, 0.15) is 10.6 Å². The van der Waals surface area contributed by atoms with Gasteiger partial charge in [0.25, 0.3) is 10.0 Å². The summed E-state index contributed by atoms with van der Waals surface area (Å²) in [5.41, 5.74) is 0.494. The number of halogens is 4. The van der Waals surface area contributed by atoms with Crippen molar-refractivity contribution in [1.29, 1.82) is 0 Å². The van der Waals surface area contributed by atoms with E-state index in [0.717, 1.165) is 0 Å². The summed E-state index contributed by atoms with van der Waals surface area (Å²) >= 11 is 21.2. The molecule has 0 aliphatic carbocycles. The lowest BCUT2D eigenvalue weighted by atomic mass is 10.2. The fourth-order valence-electron chi connectivity index (χ4n) is 2.70. The van der Waals surface area contributed by atoms with E-state index < -0.39 is 10.0 Å². The van der Waals surface area contributed by atoms with Gasteiger partial charge in [0.05, 0.1) is 27.6 Å². The number of rotatable bonds is 8. The van der Waals surface area contributed by atoms with E-state index in [9.17, 15) is 13.2 Å². The van der Waals surface area contributed by atoms with Crippen LogP contribution >= 0.6 is 50.7 Å². The summed E-state index contributed by atoms with van der Waals surface area (Å²) in [4.78, 5) is 16.8. The molecule has 0 saturated heterocycles. The van der Waals surface area contributed by atoms with Crippen LogP contribution in [-0.4, -0.2) is 26.4 Å². The maximum absolute atomic E-state index is 12.9. The highest BCUT2D eigenvalue weighted by Crippen LogP contribution is 2.40. The van der Waals surface area contributed by atoms with Crippen molar-refractivity contribution < 1.29 is 17.9 Å². The number of anilines is 2. The van der Waals surface area contributed by atoms with Gasteiger partial charge in [-0.1, -0.05) is 34.8 Å². The fraction of sp³-hybridized carbons (Fsp3) is 0.100. The highest BCUT2D eigenvalue weighted by molar-refractivity contribution is 9.10. The number of nitrogens with zero attached hydrogens (tertiary/aromatic N) is 2. The fourth-order valence-corrected chi connectivity index (χ4v) is 5.26. The van der Waals surface area contributed by atoms with Crippen molar-refractivity contribution in [2.45, 2.75) is 11.8 Å². The normalized spacial score (nSPS) is 11.2. The largest absolute Gasteiger partial charge is 0.453 e. The molecule has 1 aromatic heterocycles. The molecule has 0 spiro atoms. The van der Waals surface area contributed by atoms with E-state index in [2.05, 4.69) is 25.6 Å². The molecular formula is C20H15BrCl3N3O4S. The minimum absolute atomic E-state index is 0.0298. The van der Waals surface area contributed by atoms with Crippen LogP contribution in [0.5, 0.6) is 11.5 Å². The molecule has 0 unspecified atom stereocenters. The number of nitrogens with one attached hydrogen (secondary N) is 1. The Kier molecular flexibility index (Phi) is 7.89. The third kappa shape index (κ3) is 5.65. The van der Waals surface area contributed by atoms with Crippen LogP contribution in [0.15, 0.2) is 58.2 Å². The highest BCUT2D eigenvalue weighted by Gasteiger charge is 2.22. The zero-order valence-electron chi connectivity index (χ0n) is 16.4. The first-order valence-corrected chi connectivity index (χ1v) is 12.4. The van der Waals surface area contributed by atoms with E-state index in [1.165, 1.54) is 47.6 Å². The van der Waals surface area contributed by atoms with Gasteiger partial charge in [0.2, 0.25) is 6.41 Å².